The lowest BCUT2D eigenvalue weighted by molar-refractivity contribution is -0.135. The third kappa shape index (κ3) is 4.01. The van der Waals surface area contributed by atoms with Gasteiger partial charge in [0.1, 0.15) is 11.9 Å². The summed E-state index contributed by atoms with van der Waals surface area (Å²) < 4.78 is 5.78. The van der Waals surface area contributed by atoms with E-state index < -0.39 is 6.03 Å². The second-order valence-electron chi connectivity index (χ2n) is 6.61. The highest BCUT2D eigenvalue weighted by molar-refractivity contribution is 7.13. The molecule has 1 aromatic carbocycles. The Morgan fingerprint density at radius 3 is 2.54 bits per heavy atom. The molecule has 4 rings (SSSR count). The number of rotatable bonds is 2. The van der Waals surface area contributed by atoms with E-state index in [-0.39, 0.29) is 18.4 Å². The average Bonchev–Trinajstić information content (AvgIpc) is 3.35. The number of carbonyl (C=O) groups is 3. The first-order valence-electron chi connectivity index (χ1n) is 9.09. The Morgan fingerprint density at radius 2 is 1.86 bits per heavy atom. The Kier molecular flexibility index (Phi) is 6.30. The van der Waals surface area contributed by atoms with Crippen LogP contribution in [0, 0.1) is 0 Å². The van der Waals surface area contributed by atoms with Gasteiger partial charge in [-0.3, -0.25) is 9.59 Å². The molecule has 2 fully saturated rings. The smallest absolute Gasteiger partial charge is 0.315 e. The van der Waals surface area contributed by atoms with Crippen molar-refractivity contribution in [3.63, 3.8) is 0 Å². The van der Waals surface area contributed by atoms with Crippen LogP contribution in [0.2, 0.25) is 0 Å². The van der Waals surface area contributed by atoms with Gasteiger partial charge in [0.05, 0.1) is 4.70 Å². The first-order chi connectivity index (χ1) is 13.6. The number of nitrogens with two attached hydrogens (primary N) is 1. The quantitative estimate of drug-likeness (QED) is 0.724. The van der Waals surface area contributed by atoms with Crippen molar-refractivity contribution in [3.8, 4) is 0 Å². The van der Waals surface area contributed by atoms with E-state index in [1.54, 1.807) is 0 Å². The number of benzene rings is 1. The third-order valence-electron chi connectivity index (χ3n) is 5.07. The molecule has 9 nitrogen and oxygen atoms in total. The number of aromatic nitrogens is 1. The molecule has 0 unspecified atom stereocenters. The molecule has 0 radical (unpaired) electrons. The maximum absolute atomic E-state index is 12.8. The van der Waals surface area contributed by atoms with Gasteiger partial charge in [-0.05, 0) is 36.5 Å². The second kappa shape index (κ2) is 8.87. The van der Waals surface area contributed by atoms with Crippen LogP contribution in [-0.2, 0) is 9.59 Å². The number of urea groups is 1. The third-order valence-corrected chi connectivity index (χ3v) is 5.89. The summed E-state index contributed by atoms with van der Waals surface area (Å²) in [6.45, 7) is 3.13. The summed E-state index contributed by atoms with van der Waals surface area (Å²) in [5.74, 6) is 1.03. The van der Waals surface area contributed by atoms with E-state index in [9.17, 15) is 9.59 Å². The molecular weight excluding hydrogens is 382 g/mol. The van der Waals surface area contributed by atoms with Gasteiger partial charge in [0.25, 0.3) is 6.47 Å². The number of carbonyl (C=O) groups excluding carboxylic acids is 2. The molecule has 1 atom stereocenters. The summed E-state index contributed by atoms with van der Waals surface area (Å²) >= 11 is 1.51. The Morgan fingerprint density at radius 1 is 1.18 bits per heavy atom. The second-order valence-corrected chi connectivity index (χ2v) is 7.41. The Labute approximate surface area is 166 Å². The Hall–Kier alpha value is -2.88. The maximum Gasteiger partial charge on any atom is 0.315 e. The van der Waals surface area contributed by atoms with Crippen LogP contribution >= 0.6 is 11.5 Å². The lowest BCUT2D eigenvalue weighted by Crippen LogP contribution is -2.55. The van der Waals surface area contributed by atoms with Crippen molar-refractivity contribution in [1.82, 2.24) is 14.2 Å². The van der Waals surface area contributed by atoms with Crippen molar-refractivity contribution in [1.29, 1.82) is 0 Å². The molecule has 0 bridgehead atoms. The molecule has 3 heterocycles. The summed E-state index contributed by atoms with van der Waals surface area (Å²) in [5.41, 5.74) is 5.40. The molecule has 28 heavy (non-hydrogen) atoms. The summed E-state index contributed by atoms with van der Waals surface area (Å²) in [7, 11) is 0. The molecule has 0 saturated carbocycles. The number of primary amides is 1. The van der Waals surface area contributed by atoms with Crippen molar-refractivity contribution in [2.45, 2.75) is 18.9 Å². The van der Waals surface area contributed by atoms with Crippen LogP contribution in [0.15, 0.2) is 24.3 Å². The summed E-state index contributed by atoms with van der Waals surface area (Å²) in [4.78, 5) is 38.2. The van der Waals surface area contributed by atoms with E-state index in [0.29, 0.717) is 26.1 Å². The number of fused-ring (bicyclic) bond motifs is 1. The van der Waals surface area contributed by atoms with Crippen LogP contribution in [0.3, 0.4) is 0 Å². The molecule has 10 heteroatoms. The molecule has 2 aromatic rings. The van der Waals surface area contributed by atoms with Crippen LogP contribution in [-0.4, -0.2) is 76.5 Å². The zero-order chi connectivity index (χ0) is 20.1. The van der Waals surface area contributed by atoms with Gasteiger partial charge in [0, 0.05) is 38.1 Å². The molecule has 150 valence electrons. The zero-order valence-electron chi connectivity index (χ0n) is 15.4. The fourth-order valence-electron chi connectivity index (χ4n) is 3.74. The number of amides is 3. The van der Waals surface area contributed by atoms with Crippen molar-refractivity contribution in [3.05, 3.63) is 24.3 Å². The van der Waals surface area contributed by atoms with Gasteiger partial charge in [-0.25, -0.2) is 4.79 Å². The predicted octanol–water partition coefficient (Wildman–Crippen LogP) is 1.19. The molecule has 2 saturated heterocycles. The van der Waals surface area contributed by atoms with Gasteiger partial charge in [-0.2, -0.15) is 4.37 Å². The van der Waals surface area contributed by atoms with Gasteiger partial charge in [0.15, 0.2) is 0 Å². The minimum Gasteiger partial charge on any atom is -0.483 e. The maximum atomic E-state index is 12.8. The van der Waals surface area contributed by atoms with Crippen molar-refractivity contribution in [2.24, 2.45) is 5.73 Å². The molecule has 2 aliphatic rings. The fraction of sp³-hybridized carbons (Fsp3) is 0.444. The SMILES string of the molecule is NC(=O)N1CCC[C@H]1C(=O)N1CCN(c2nsc3ccccc23)CC1.O=CO. The molecule has 1 aromatic heterocycles. The van der Waals surface area contributed by atoms with E-state index in [2.05, 4.69) is 21.4 Å². The highest BCUT2D eigenvalue weighted by Gasteiger charge is 2.36. The fourth-order valence-corrected chi connectivity index (χ4v) is 4.53. The first-order valence-corrected chi connectivity index (χ1v) is 9.86. The van der Waals surface area contributed by atoms with Crippen LogP contribution in [0.4, 0.5) is 10.6 Å². The largest absolute Gasteiger partial charge is 0.483 e. The first kappa shape index (κ1) is 19.9. The van der Waals surface area contributed by atoms with Crippen LogP contribution in [0.1, 0.15) is 12.8 Å². The number of nitrogens with zero attached hydrogens (tertiary/aromatic N) is 4. The lowest BCUT2D eigenvalue weighted by Gasteiger charge is -2.37. The standard InChI is InChI=1S/C17H21N5O2S.CH2O2/c18-17(24)22-7-3-5-13(22)16(23)21-10-8-20(9-11-21)15-12-4-1-2-6-14(12)25-19-15;2-1-3/h1-2,4,6,13H,3,5,7-11H2,(H2,18,24);1H,(H,2,3)/t13-;/m0./s1. The van der Waals surface area contributed by atoms with Gasteiger partial charge in [-0.15, -0.1) is 0 Å². The molecular formula is C18H23N5O4S. The van der Waals surface area contributed by atoms with Crippen LogP contribution in [0.5, 0.6) is 0 Å². The monoisotopic (exact) mass is 405 g/mol. The summed E-state index contributed by atoms with van der Waals surface area (Å²) in [6, 6.07) is 7.34. The summed E-state index contributed by atoms with van der Waals surface area (Å²) in [5, 5.41) is 8.06. The van der Waals surface area contributed by atoms with Gasteiger partial charge in [0.2, 0.25) is 5.91 Å². The van der Waals surface area contributed by atoms with Crippen molar-refractivity contribution < 1.29 is 19.5 Å². The molecule has 2 aliphatic heterocycles. The Bertz CT molecular complexity index is 849. The van der Waals surface area contributed by atoms with Crippen LogP contribution in [0.25, 0.3) is 10.1 Å². The molecule has 3 N–H and O–H groups in total. The number of anilines is 1. The lowest BCUT2D eigenvalue weighted by atomic mass is 10.1. The average molecular weight is 405 g/mol. The number of hydrogen-bond donors (Lipinski definition) is 2. The number of piperazine rings is 1. The molecule has 0 aliphatic carbocycles. The normalized spacial score (nSPS) is 19.3. The van der Waals surface area contributed by atoms with Crippen molar-refractivity contribution in [2.75, 3.05) is 37.6 Å². The highest BCUT2D eigenvalue weighted by atomic mass is 32.1. The summed E-state index contributed by atoms with van der Waals surface area (Å²) in [6.07, 6.45) is 1.54. The van der Waals surface area contributed by atoms with E-state index in [0.717, 1.165) is 25.3 Å². The zero-order valence-corrected chi connectivity index (χ0v) is 16.2. The van der Waals surface area contributed by atoms with Gasteiger partial charge < -0.3 is 25.5 Å². The number of carboxylic acid groups (broad SMARTS) is 1. The minimum absolute atomic E-state index is 0.0269. The van der Waals surface area contributed by atoms with E-state index in [1.807, 2.05) is 17.0 Å². The van der Waals surface area contributed by atoms with Crippen molar-refractivity contribution >= 4 is 45.8 Å². The van der Waals surface area contributed by atoms with Gasteiger partial charge in [-0.1, -0.05) is 12.1 Å². The predicted molar refractivity (Wildman–Crippen MR) is 106 cm³/mol. The van der Waals surface area contributed by atoms with E-state index >= 15 is 0 Å². The van der Waals surface area contributed by atoms with E-state index in [1.165, 1.54) is 26.5 Å². The molecule has 0 spiro atoms. The minimum atomic E-state index is -0.497. The van der Waals surface area contributed by atoms with Crippen LogP contribution < -0.4 is 10.6 Å². The highest BCUT2D eigenvalue weighted by Crippen LogP contribution is 2.30. The number of hydrogen-bond acceptors (Lipinski definition) is 6. The van der Waals surface area contributed by atoms with E-state index in [4.69, 9.17) is 15.6 Å². The number of likely N-dealkylation sites (tertiary alicyclic amines) is 1. The topological polar surface area (TPSA) is 120 Å². The molecule has 3 amide bonds. The Balaban J connectivity index is 0.000000706. The van der Waals surface area contributed by atoms with Gasteiger partial charge >= 0.3 is 6.03 Å².